The number of hydrogen-bond donors (Lipinski definition) is 1. The van der Waals surface area contributed by atoms with Gasteiger partial charge in [0.15, 0.2) is 0 Å². The van der Waals surface area contributed by atoms with Crippen LogP contribution >= 0.6 is 11.6 Å². The summed E-state index contributed by atoms with van der Waals surface area (Å²) in [6.45, 7) is 2.22. The first kappa shape index (κ1) is 22.7. The average Bonchev–Trinajstić information content (AvgIpc) is 3.07. The maximum absolute atomic E-state index is 13.3. The first-order valence-corrected chi connectivity index (χ1v) is 10.7. The quantitative estimate of drug-likeness (QED) is 0.635. The molecule has 1 unspecified atom stereocenters. The molecule has 0 saturated carbocycles. The summed E-state index contributed by atoms with van der Waals surface area (Å²) in [5, 5.41) is 8.96. The normalized spacial score (nSPS) is 20.8. The monoisotopic (exact) mass is 469 g/mol. The largest absolute Gasteiger partial charge is 0.492 e. The molecule has 2 aliphatic heterocycles. The summed E-state index contributed by atoms with van der Waals surface area (Å²) in [6.07, 6.45) is -2.56. The Bertz CT molecular complexity index is 1010. The first-order chi connectivity index (χ1) is 15.2. The van der Waals surface area contributed by atoms with Gasteiger partial charge in [0.05, 0.1) is 18.6 Å². The molecule has 1 spiro atoms. The Kier molecular flexibility index (Phi) is 6.27. The summed E-state index contributed by atoms with van der Waals surface area (Å²) < 4.78 is 51.5. The van der Waals surface area contributed by atoms with E-state index in [0.717, 1.165) is 31.0 Å². The van der Waals surface area contributed by atoms with Crippen LogP contribution in [0.4, 0.5) is 13.2 Å². The van der Waals surface area contributed by atoms with Crippen LogP contribution in [-0.4, -0.2) is 42.2 Å². The van der Waals surface area contributed by atoms with E-state index in [9.17, 15) is 18.0 Å². The number of carbonyl (C=O) groups is 1. The van der Waals surface area contributed by atoms with Crippen LogP contribution in [0.1, 0.15) is 36.0 Å². The highest BCUT2D eigenvalue weighted by Gasteiger charge is 2.44. The summed E-state index contributed by atoms with van der Waals surface area (Å²) in [5.41, 5.74) is -0.110. The molecule has 2 heterocycles. The van der Waals surface area contributed by atoms with Crippen LogP contribution in [0.2, 0.25) is 5.02 Å². The van der Waals surface area contributed by atoms with E-state index >= 15 is 0 Å². The number of benzene rings is 2. The Morgan fingerprint density at radius 1 is 1.28 bits per heavy atom. The Balaban J connectivity index is 1.49. The summed E-state index contributed by atoms with van der Waals surface area (Å²) in [5.74, 6) is 0.229. The maximum atomic E-state index is 13.3. The third-order valence-corrected chi connectivity index (χ3v) is 6.49. The fraction of sp³-hybridized carbons (Fsp3) is 0.435. The van der Waals surface area contributed by atoms with Crippen molar-refractivity contribution in [2.24, 2.45) is 0 Å². The third kappa shape index (κ3) is 4.66. The molecule has 32 heavy (non-hydrogen) atoms. The van der Waals surface area contributed by atoms with Gasteiger partial charge in [0.2, 0.25) is 0 Å². The Labute approximate surface area is 188 Å². The van der Waals surface area contributed by atoms with Gasteiger partial charge < -0.3 is 19.5 Å². The minimum Gasteiger partial charge on any atom is -0.492 e. The van der Waals surface area contributed by atoms with E-state index in [1.54, 1.807) is 12.1 Å². The molecule has 0 bridgehead atoms. The van der Waals surface area contributed by atoms with Gasteiger partial charge in [-0.3, -0.25) is 4.79 Å². The van der Waals surface area contributed by atoms with Crippen molar-refractivity contribution >= 4 is 17.6 Å². The van der Waals surface area contributed by atoms with Crippen LogP contribution in [0.3, 0.4) is 0 Å². The minimum absolute atomic E-state index is 0.000143. The van der Waals surface area contributed by atoms with E-state index in [2.05, 4.69) is 4.90 Å². The topological polar surface area (TPSA) is 59.0 Å². The zero-order valence-electron chi connectivity index (χ0n) is 17.3. The average molecular weight is 470 g/mol. The highest BCUT2D eigenvalue weighted by atomic mass is 35.5. The van der Waals surface area contributed by atoms with Crippen LogP contribution < -0.4 is 9.47 Å². The van der Waals surface area contributed by atoms with Gasteiger partial charge in [-0.25, -0.2) is 0 Å². The summed E-state index contributed by atoms with van der Waals surface area (Å²) in [7, 11) is 0. The summed E-state index contributed by atoms with van der Waals surface area (Å²) in [4.78, 5) is 13.1. The SMILES string of the molecule is O=C(O)CCN1CCCC2(COc3cc(OCc4c(Cl)cccc4C(F)(F)F)ccc32)C1. The number of likely N-dealkylation sites (tertiary alicyclic amines) is 1. The summed E-state index contributed by atoms with van der Waals surface area (Å²) in [6, 6.07) is 8.99. The molecule has 0 amide bonds. The zero-order chi connectivity index (χ0) is 22.9. The Morgan fingerprint density at radius 2 is 2.09 bits per heavy atom. The molecule has 2 aromatic carbocycles. The molecule has 2 aliphatic rings. The number of nitrogens with zero attached hydrogens (tertiary/aromatic N) is 1. The summed E-state index contributed by atoms with van der Waals surface area (Å²) >= 11 is 6.01. The van der Waals surface area contributed by atoms with E-state index in [1.807, 2.05) is 6.07 Å². The second-order valence-electron chi connectivity index (χ2n) is 8.30. The molecule has 1 atom stereocenters. The molecular formula is C23H23ClF3NO4. The van der Waals surface area contributed by atoms with Crippen LogP contribution in [-0.2, 0) is 23.0 Å². The number of hydrogen-bond acceptors (Lipinski definition) is 4. The smallest absolute Gasteiger partial charge is 0.416 e. The van der Waals surface area contributed by atoms with E-state index in [0.29, 0.717) is 31.2 Å². The molecule has 2 aromatic rings. The number of ether oxygens (including phenoxy) is 2. The number of fused-ring (bicyclic) bond motifs is 2. The van der Waals surface area contributed by atoms with E-state index in [4.69, 9.17) is 26.2 Å². The van der Waals surface area contributed by atoms with Crippen molar-refractivity contribution in [3.8, 4) is 11.5 Å². The second-order valence-corrected chi connectivity index (χ2v) is 8.71. The molecule has 9 heteroatoms. The van der Waals surface area contributed by atoms with Gasteiger partial charge in [0, 0.05) is 40.7 Å². The lowest BCUT2D eigenvalue weighted by Gasteiger charge is -2.39. The van der Waals surface area contributed by atoms with Gasteiger partial charge >= 0.3 is 12.1 Å². The van der Waals surface area contributed by atoms with Gasteiger partial charge in [0.1, 0.15) is 18.1 Å². The van der Waals surface area contributed by atoms with E-state index in [1.165, 1.54) is 12.1 Å². The lowest BCUT2D eigenvalue weighted by molar-refractivity contribution is -0.139. The lowest BCUT2D eigenvalue weighted by atomic mass is 9.75. The lowest BCUT2D eigenvalue weighted by Crippen LogP contribution is -2.47. The Hall–Kier alpha value is -2.45. The molecule has 1 fully saturated rings. The first-order valence-electron chi connectivity index (χ1n) is 10.4. The standard InChI is InChI=1S/C23H23ClF3NO4/c24-19-4-1-3-17(23(25,26)27)16(19)12-31-15-5-6-18-20(11-15)32-14-22(18)8-2-9-28(13-22)10-7-21(29)30/h1,3-6,11H,2,7-10,12-14H2,(H,29,30). The molecule has 1 saturated heterocycles. The predicted octanol–water partition coefficient (Wildman–Crippen LogP) is 5.14. The number of piperidine rings is 1. The molecule has 172 valence electrons. The molecule has 1 N–H and O–H groups in total. The number of rotatable bonds is 6. The fourth-order valence-corrected chi connectivity index (χ4v) is 4.81. The van der Waals surface area contributed by atoms with Crippen LogP contribution in [0.5, 0.6) is 11.5 Å². The predicted molar refractivity (Wildman–Crippen MR) is 112 cm³/mol. The number of alkyl halides is 3. The van der Waals surface area contributed by atoms with Crippen LogP contribution in [0, 0.1) is 0 Å². The number of carboxylic acids is 1. The fourth-order valence-electron chi connectivity index (χ4n) is 4.58. The van der Waals surface area contributed by atoms with E-state index < -0.39 is 17.7 Å². The number of halogens is 4. The van der Waals surface area contributed by atoms with Gasteiger partial charge in [-0.1, -0.05) is 23.7 Å². The number of aliphatic carboxylic acids is 1. The minimum atomic E-state index is -4.52. The Morgan fingerprint density at radius 3 is 2.84 bits per heavy atom. The second kappa shape index (κ2) is 8.83. The third-order valence-electron chi connectivity index (χ3n) is 6.13. The van der Waals surface area contributed by atoms with Gasteiger partial charge in [0.25, 0.3) is 0 Å². The van der Waals surface area contributed by atoms with Crippen molar-refractivity contribution in [3.05, 3.63) is 58.1 Å². The zero-order valence-corrected chi connectivity index (χ0v) is 18.0. The van der Waals surface area contributed by atoms with Crippen LogP contribution in [0.25, 0.3) is 0 Å². The molecule has 0 aliphatic carbocycles. The van der Waals surface area contributed by atoms with Crippen molar-refractivity contribution < 1.29 is 32.5 Å². The molecule has 0 aromatic heterocycles. The van der Waals surface area contributed by atoms with Crippen molar-refractivity contribution in [2.45, 2.75) is 37.5 Å². The molecule has 0 radical (unpaired) electrons. The van der Waals surface area contributed by atoms with Crippen molar-refractivity contribution in [1.29, 1.82) is 0 Å². The molecule has 4 rings (SSSR count). The van der Waals surface area contributed by atoms with Crippen molar-refractivity contribution in [1.82, 2.24) is 4.90 Å². The van der Waals surface area contributed by atoms with Crippen LogP contribution in [0.15, 0.2) is 36.4 Å². The van der Waals surface area contributed by atoms with Crippen molar-refractivity contribution in [3.63, 3.8) is 0 Å². The number of carboxylic acid groups (broad SMARTS) is 1. The molecular weight excluding hydrogens is 447 g/mol. The van der Waals surface area contributed by atoms with Gasteiger partial charge in [-0.05, 0) is 37.6 Å². The van der Waals surface area contributed by atoms with Gasteiger partial charge in [-0.15, -0.1) is 0 Å². The molecule has 5 nitrogen and oxygen atoms in total. The highest BCUT2D eigenvalue weighted by Crippen LogP contribution is 2.46. The van der Waals surface area contributed by atoms with Crippen molar-refractivity contribution in [2.75, 3.05) is 26.2 Å². The maximum Gasteiger partial charge on any atom is 0.416 e. The van der Waals surface area contributed by atoms with E-state index in [-0.39, 0.29) is 29.0 Å². The highest BCUT2D eigenvalue weighted by molar-refractivity contribution is 6.31. The van der Waals surface area contributed by atoms with Gasteiger partial charge in [-0.2, -0.15) is 13.2 Å².